The molecule has 1 N–H and O–H groups in total. The predicted octanol–water partition coefficient (Wildman–Crippen LogP) is 3.86. The van der Waals surface area contributed by atoms with Crippen molar-refractivity contribution < 1.29 is 12.8 Å². The molecule has 0 fully saturated rings. The zero-order chi connectivity index (χ0) is 16.7. The summed E-state index contributed by atoms with van der Waals surface area (Å²) in [5.74, 6) is 0.597. The highest BCUT2D eigenvalue weighted by atomic mass is 32.2. The van der Waals surface area contributed by atoms with Gasteiger partial charge in [-0.05, 0) is 81.5 Å². The standard InChI is InChI=1S/C17H23NO3S/c1-10-11(2)13(4)17(14(5)12(10)3)22(19,20)18-15(6)16-8-7-9-21-16/h7-9,15,18H,1-6H3/t15-/m1/s1. The highest BCUT2D eigenvalue weighted by molar-refractivity contribution is 7.89. The van der Waals surface area contributed by atoms with E-state index in [1.165, 1.54) is 6.26 Å². The van der Waals surface area contributed by atoms with Gasteiger partial charge in [-0.25, -0.2) is 13.1 Å². The van der Waals surface area contributed by atoms with Crippen LogP contribution in [-0.2, 0) is 10.0 Å². The second-order valence-corrected chi connectivity index (χ2v) is 7.46. The third kappa shape index (κ3) is 2.83. The van der Waals surface area contributed by atoms with E-state index in [0.29, 0.717) is 10.7 Å². The maximum absolute atomic E-state index is 12.8. The van der Waals surface area contributed by atoms with E-state index in [4.69, 9.17) is 4.42 Å². The van der Waals surface area contributed by atoms with Crippen molar-refractivity contribution in [2.75, 3.05) is 0 Å². The summed E-state index contributed by atoms with van der Waals surface area (Å²) < 4.78 is 33.7. The lowest BCUT2D eigenvalue weighted by Gasteiger charge is -2.20. The van der Waals surface area contributed by atoms with Gasteiger partial charge in [0.15, 0.2) is 0 Å². The van der Waals surface area contributed by atoms with Gasteiger partial charge in [0.05, 0.1) is 17.2 Å². The van der Waals surface area contributed by atoms with Gasteiger partial charge in [0.2, 0.25) is 10.0 Å². The predicted molar refractivity (Wildman–Crippen MR) is 87.6 cm³/mol. The zero-order valence-corrected chi connectivity index (χ0v) is 14.8. The maximum Gasteiger partial charge on any atom is 0.241 e. The van der Waals surface area contributed by atoms with Crippen LogP contribution in [0.25, 0.3) is 0 Å². The van der Waals surface area contributed by atoms with Crippen molar-refractivity contribution in [3.8, 4) is 0 Å². The second-order valence-electron chi connectivity index (χ2n) is 5.81. The largest absolute Gasteiger partial charge is 0.468 e. The lowest BCUT2D eigenvalue weighted by Crippen LogP contribution is -2.28. The summed E-state index contributed by atoms with van der Waals surface area (Å²) in [5.41, 5.74) is 4.80. The van der Waals surface area contributed by atoms with Crippen LogP contribution in [0.2, 0.25) is 0 Å². The van der Waals surface area contributed by atoms with Crippen LogP contribution in [0.5, 0.6) is 0 Å². The van der Waals surface area contributed by atoms with Gasteiger partial charge in [0, 0.05) is 0 Å². The van der Waals surface area contributed by atoms with E-state index in [9.17, 15) is 8.42 Å². The van der Waals surface area contributed by atoms with Crippen LogP contribution in [0.1, 0.15) is 46.5 Å². The normalized spacial score (nSPS) is 13.4. The lowest BCUT2D eigenvalue weighted by atomic mass is 9.95. The van der Waals surface area contributed by atoms with Crippen molar-refractivity contribution in [1.29, 1.82) is 0 Å². The van der Waals surface area contributed by atoms with E-state index in [1.807, 2.05) is 34.6 Å². The Morgan fingerprint density at radius 3 is 1.91 bits per heavy atom. The van der Waals surface area contributed by atoms with Crippen LogP contribution in [0, 0.1) is 34.6 Å². The van der Waals surface area contributed by atoms with Crippen molar-refractivity contribution in [3.63, 3.8) is 0 Å². The van der Waals surface area contributed by atoms with Crippen LogP contribution < -0.4 is 4.72 Å². The molecule has 2 rings (SSSR count). The molecule has 0 unspecified atom stereocenters. The van der Waals surface area contributed by atoms with E-state index in [1.54, 1.807) is 19.1 Å². The zero-order valence-electron chi connectivity index (χ0n) is 13.9. The molecule has 1 atom stereocenters. The molecule has 1 heterocycles. The summed E-state index contributed by atoms with van der Waals surface area (Å²) in [6.07, 6.45) is 1.54. The molecule has 120 valence electrons. The van der Waals surface area contributed by atoms with Crippen LogP contribution in [0.15, 0.2) is 27.7 Å². The van der Waals surface area contributed by atoms with Gasteiger partial charge in [-0.1, -0.05) is 0 Å². The van der Waals surface area contributed by atoms with Crippen LogP contribution >= 0.6 is 0 Å². The Kier molecular flexibility index (Phi) is 4.49. The minimum absolute atomic E-state index is 0.381. The molecule has 5 heteroatoms. The average Bonchev–Trinajstić information content (AvgIpc) is 2.96. The van der Waals surface area contributed by atoms with E-state index in [2.05, 4.69) is 4.72 Å². The summed E-state index contributed by atoms with van der Waals surface area (Å²) >= 11 is 0. The first kappa shape index (κ1) is 16.8. The molecule has 0 radical (unpaired) electrons. The molecular weight excluding hydrogens is 298 g/mol. The van der Waals surface area contributed by atoms with Crippen molar-refractivity contribution in [1.82, 2.24) is 4.72 Å². The van der Waals surface area contributed by atoms with E-state index >= 15 is 0 Å². The Morgan fingerprint density at radius 1 is 0.955 bits per heavy atom. The fourth-order valence-corrected chi connectivity index (χ4v) is 4.57. The van der Waals surface area contributed by atoms with Crippen LogP contribution in [0.4, 0.5) is 0 Å². The minimum Gasteiger partial charge on any atom is -0.468 e. The van der Waals surface area contributed by atoms with Gasteiger partial charge in [-0.2, -0.15) is 0 Å². The van der Waals surface area contributed by atoms with Crippen molar-refractivity contribution in [2.45, 2.75) is 52.5 Å². The quantitative estimate of drug-likeness (QED) is 0.930. The van der Waals surface area contributed by atoms with Gasteiger partial charge >= 0.3 is 0 Å². The fourth-order valence-electron chi connectivity index (χ4n) is 2.76. The third-order valence-electron chi connectivity index (χ3n) is 4.50. The van der Waals surface area contributed by atoms with Crippen molar-refractivity contribution in [2.24, 2.45) is 0 Å². The molecule has 22 heavy (non-hydrogen) atoms. The number of furan rings is 1. The number of hydrogen-bond donors (Lipinski definition) is 1. The topological polar surface area (TPSA) is 59.3 Å². The Balaban J connectivity index is 2.51. The summed E-state index contributed by atoms with van der Waals surface area (Å²) in [6.45, 7) is 11.5. The SMILES string of the molecule is Cc1c(C)c(C)c(S(=O)(=O)N[C@H](C)c2ccco2)c(C)c1C. The first-order chi connectivity index (χ1) is 10.2. The average molecular weight is 321 g/mol. The molecule has 0 amide bonds. The van der Waals surface area contributed by atoms with Gasteiger partial charge in [-0.15, -0.1) is 0 Å². The molecule has 0 spiro atoms. The summed E-state index contributed by atoms with van der Waals surface area (Å²) in [7, 11) is -3.62. The summed E-state index contributed by atoms with van der Waals surface area (Å²) in [4.78, 5) is 0.381. The van der Waals surface area contributed by atoms with Crippen molar-refractivity contribution >= 4 is 10.0 Å². The molecule has 0 saturated heterocycles. The molecule has 4 nitrogen and oxygen atoms in total. The highest BCUT2D eigenvalue weighted by Crippen LogP contribution is 2.30. The van der Waals surface area contributed by atoms with Gasteiger partial charge < -0.3 is 4.42 Å². The molecule has 1 aromatic heterocycles. The van der Waals surface area contributed by atoms with Crippen LogP contribution in [0.3, 0.4) is 0 Å². The Labute approximate surface area is 132 Å². The van der Waals surface area contributed by atoms with E-state index in [-0.39, 0.29) is 0 Å². The molecule has 0 saturated carbocycles. The van der Waals surface area contributed by atoms with Crippen molar-refractivity contribution in [3.05, 3.63) is 52.0 Å². The van der Waals surface area contributed by atoms with E-state index < -0.39 is 16.1 Å². The minimum atomic E-state index is -3.62. The molecule has 0 bridgehead atoms. The number of benzene rings is 1. The Hall–Kier alpha value is -1.59. The number of hydrogen-bond acceptors (Lipinski definition) is 3. The monoisotopic (exact) mass is 321 g/mol. The maximum atomic E-state index is 12.8. The molecule has 0 aliphatic heterocycles. The number of rotatable bonds is 4. The van der Waals surface area contributed by atoms with Crippen LogP contribution in [-0.4, -0.2) is 8.42 Å². The number of nitrogens with one attached hydrogen (secondary N) is 1. The Bertz CT molecular complexity index is 761. The summed E-state index contributed by atoms with van der Waals surface area (Å²) in [6, 6.07) is 3.09. The lowest BCUT2D eigenvalue weighted by molar-refractivity contribution is 0.459. The highest BCUT2D eigenvalue weighted by Gasteiger charge is 2.26. The van der Waals surface area contributed by atoms with E-state index in [0.717, 1.165) is 27.8 Å². The second kappa shape index (κ2) is 5.89. The van der Waals surface area contributed by atoms with Gasteiger partial charge in [-0.3, -0.25) is 0 Å². The number of sulfonamides is 1. The van der Waals surface area contributed by atoms with Gasteiger partial charge in [0.1, 0.15) is 5.76 Å². The van der Waals surface area contributed by atoms with Gasteiger partial charge in [0.25, 0.3) is 0 Å². The third-order valence-corrected chi connectivity index (χ3v) is 6.32. The molecule has 1 aromatic carbocycles. The summed E-state index contributed by atoms with van der Waals surface area (Å²) in [5, 5.41) is 0. The fraction of sp³-hybridized carbons (Fsp3) is 0.412. The Morgan fingerprint density at radius 2 is 1.45 bits per heavy atom. The molecule has 0 aliphatic rings. The first-order valence-electron chi connectivity index (χ1n) is 7.29. The molecule has 2 aromatic rings. The molecular formula is C17H23NO3S. The smallest absolute Gasteiger partial charge is 0.241 e. The first-order valence-corrected chi connectivity index (χ1v) is 8.77. The molecule has 0 aliphatic carbocycles.